The van der Waals surface area contributed by atoms with Gasteiger partial charge in [-0.1, -0.05) is 19.1 Å². The molecule has 0 aromatic rings. The summed E-state index contributed by atoms with van der Waals surface area (Å²) in [7, 11) is 0. The van der Waals surface area contributed by atoms with E-state index in [1.807, 2.05) is 0 Å². The molecule has 15 heavy (non-hydrogen) atoms. The quantitative estimate of drug-likeness (QED) is 0.491. The van der Waals surface area contributed by atoms with E-state index in [4.69, 9.17) is 0 Å². The summed E-state index contributed by atoms with van der Waals surface area (Å²) in [6.07, 6.45) is 1.07. The number of nitrogens with one attached hydrogen (secondary N) is 1. The predicted octanol–water partition coefficient (Wildman–Crippen LogP) is 2.66. The molecule has 0 atom stereocenters. The topological polar surface area (TPSA) is 15.3 Å². The van der Waals surface area contributed by atoms with Crippen LogP contribution < -0.4 is 5.32 Å². The molecule has 2 heteroatoms. The monoisotopic (exact) mass is 212 g/mol. The first-order chi connectivity index (χ1) is 6.99. The van der Waals surface area contributed by atoms with Crippen LogP contribution in [0.5, 0.6) is 0 Å². The highest BCUT2D eigenvalue weighted by Crippen LogP contribution is 2.03. The van der Waals surface area contributed by atoms with Crippen molar-refractivity contribution < 1.29 is 0 Å². The second-order valence-electron chi connectivity index (χ2n) is 4.71. The highest BCUT2D eigenvalue weighted by atomic mass is 15.2. The van der Waals surface area contributed by atoms with Crippen LogP contribution in [0.2, 0.25) is 0 Å². The van der Waals surface area contributed by atoms with Crippen molar-refractivity contribution in [1.29, 1.82) is 0 Å². The Bertz CT molecular complexity index is 165. The molecule has 0 fully saturated rings. The van der Waals surface area contributed by atoms with Crippen LogP contribution in [0, 0.1) is 0 Å². The molecule has 2 nitrogen and oxygen atoms in total. The Morgan fingerprint density at radius 2 is 1.73 bits per heavy atom. The van der Waals surface area contributed by atoms with Gasteiger partial charge in [-0.3, -0.25) is 4.90 Å². The molecule has 0 saturated carbocycles. The molecular weight excluding hydrogens is 184 g/mol. The van der Waals surface area contributed by atoms with Crippen LogP contribution >= 0.6 is 0 Å². The van der Waals surface area contributed by atoms with E-state index in [0.29, 0.717) is 12.1 Å². The Labute approximate surface area is 95.7 Å². The molecule has 0 aromatic heterocycles. The number of hydrogen-bond acceptors (Lipinski definition) is 2. The second kappa shape index (κ2) is 7.89. The molecule has 0 unspecified atom stereocenters. The van der Waals surface area contributed by atoms with Crippen LogP contribution in [0.15, 0.2) is 12.2 Å². The van der Waals surface area contributed by atoms with Gasteiger partial charge in [0.1, 0.15) is 0 Å². The maximum absolute atomic E-state index is 3.98. The van der Waals surface area contributed by atoms with Crippen LogP contribution in [0.3, 0.4) is 0 Å². The molecule has 0 heterocycles. The van der Waals surface area contributed by atoms with Gasteiger partial charge in [0.2, 0.25) is 0 Å². The zero-order valence-corrected chi connectivity index (χ0v) is 11.1. The summed E-state index contributed by atoms with van der Waals surface area (Å²) in [6, 6.07) is 1.25. The van der Waals surface area contributed by atoms with Crippen molar-refractivity contribution in [3.8, 4) is 0 Å². The van der Waals surface area contributed by atoms with Crippen LogP contribution in [0.4, 0.5) is 0 Å². The zero-order valence-electron chi connectivity index (χ0n) is 11.1. The van der Waals surface area contributed by atoms with E-state index in [-0.39, 0.29) is 0 Å². The molecule has 90 valence electrons. The minimum atomic E-state index is 0.626. The Hall–Kier alpha value is -0.340. The third-order valence-electron chi connectivity index (χ3n) is 2.75. The van der Waals surface area contributed by atoms with Crippen molar-refractivity contribution in [3.05, 3.63) is 12.2 Å². The minimum absolute atomic E-state index is 0.626. The maximum Gasteiger partial charge on any atom is 0.0162 e. The molecule has 0 aliphatic carbocycles. The fourth-order valence-corrected chi connectivity index (χ4v) is 1.71. The fraction of sp³-hybridized carbons (Fsp3) is 0.846. The van der Waals surface area contributed by atoms with Crippen LogP contribution in [0.25, 0.3) is 0 Å². The molecular formula is C13H28N2. The van der Waals surface area contributed by atoms with E-state index in [2.05, 4.69) is 51.4 Å². The summed E-state index contributed by atoms with van der Waals surface area (Å²) in [5.74, 6) is 0. The molecule has 0 aromatic carbocycles. The Kier molecular flexibility index (Phi) is 7.71. The van der Waals surface area contributed by atoms with Crippen LogP contribution in [-0.4, -0.2) is 36.6 Å². The Morgan fingerprint density at radius 1 is 1.20 bits per heavy atom. The molecule has 1 N–H and O–H groups in total. The summed E-state index contributed by atoms with van der Waals surface area (Å²) >= 11 is 0. The van der Waals surface area contributed by atoms with Gasteiger partial charge in [-0.05, 0) is 34.1 Å². The van der Waals surface area contributed by atoms with Gasteiger partial charge in [0.25, 0.3) is 0 Å². The smallest absolute Gasteiger partial charge is 0.0162 e. The van der Waals surface area contributed by atoms with E-state index in [0.717, 1.165) is 26.1 Å². The normalized spacial score (nSPS) is 11.7. The van der Waals surface area contributed by atoms with Crippen LogP contribution in [0.1, 0.15) is 41.0 Å². The first kappa shape index (κ1) is 14.7. The van der Waals surface area contributed by atoms with Crippen molar-refractivity contribution in [2.45, 2.75) is 53.1 Å². The molecule has 0 bridgehead atoms. The molecule has 0 aliphatic rings. The zero-order chi connectivity index (χ0) is 11.8. The largest absolute Gasteiger partial charge is 0.312 e. The summed E-state index contributed by atoms with van der Waals surface area (Å²) in [5.41, 5.74) is 1.29. The molecule has 0 aliphatic heterocycles. The van der Waals surface area contributed by atoms with Crippen LogP contribution in [-0.2, 0) is 0 Å². The molecule has 0 radical (unpaired) electrons. The summed E-state index contributed by atoms with van der Waals surface area (Å²) in [5, 5.41) is 3.44. The second-order valence-corrected chi connectivity index (χ2v) is 4.71. The van der Waals surface area contributed by atoms with Gasteiger partial charge < -0.3 is 5.32 Å². The standard InChI is InChI=1S/C13H28N2/c1-7-13(6)10-14-8-9-15(11(2)3)12(4)5/h11-12,14H,6-10H2,1-5H3. The summed E-state index contributed by atoms with van der Waals surface area (Å²) in [6.45, 7) is 18.3. The van der Waals surface area contributed by atoms with Crippen molar-refractivity contribution >= 4 is 0 Å². The minimum Gasteiger partial charge on any atom is -0.312 e. The summed E-state index contributed by atoms with van der Waals surface area (Å²) in [4.78, 5) is 2.50. The fourth-order valence-electron chi connectivity index (χ4n) is 1.71. The first-order valence-corrected chi connectivity index (χ1v) is 6.12. The number of rotatable bonds is 8. The SMILES string of the molecule is C=C(CC)CNCCN(C(C)C)C(C)C. The highest BCUT2D eigenvalue weighted by Gasteiger charge is 2.11. The maximum atomic E-state index is 3.98. The van der Waals surface area contributed by atoms with Gasteiger partial charge in [0, 0.05) is 31.7 Å². The van der Waals surface area contributed by atoms with E-state index in [1.165, 1.54) is 5.57 Å². The lowest BCUT2D eigenvalue weighted by Crippen LogP contribution is -2.41. The van der Waals surface area contributed by atoms with Crippen molar-refractivity contribution in [1.82, 2.24) is 10.2 Å². The lowest BCUT2D eigenvalue weighted by Gasteiger charge is -2.30. The van der Waals surface area contributed by atoms with Gasteiger partial charge in [0.15, 0.2) is 0 Å². The predicted molar refractivity (Wildman–Crippen MR) is 69.3 cm³/mol. The average Bonchev–Trinajstić information content (AvgIpc) is 2.15. The van der Waals surface area contributed by atoms with Gasteiger partial charge in [-0.15, -0.1) is 0 Å². The average molecular weight is 212 g/mol. The molecule has 0 spiro atoms. The number of nitrogens with zero attached hydrogens (tertiary/aromatic N) is 1. The van der Waals surface area contributed by atoms with Gasteiger partial charge in [-0.25, -0.2) is 0 Å². The van der Waals surface area contributed by atoms with E-state index in [9.17, 15) is 0 Å². The third-order valence-corrected chi connectivity index (χ3v) is 2.75. The third kappa shape index (κ3) is 6.69. The molecule has 0 rings (SSSR count). The van der Waals surface area contributed by atoms with E-state index >= 15 is 0 Å². The lowest BCUT2D eigenvalue weighted by molar-refractivity contribution is 0.176. The van der Waals surface area contributed by atoms with Gasteiger partial charge in [-0.2, -0.15) is 0 Å². The van der Waals surface area contributed by atoms with Gasteiger partial charge in [0.05, 0.1) is 0 Å². The van der Waals surface area contributed by atoms with E-state index in [1.54, 1.807) is 0 Å². The van der Waals surface area contributed by atoms with Gasteiger partial charge >= 0.3 is 0 Å². The summed E-state index contributed by atoms with van der Waals surface area (Å²) < 4.78 is 0. The molecule has 0 amide bonds. The van der Waals surface area contributed by atoms with E-state index < -0.39 is 0 Å². The lowest BCUT2D eigenvalue weighted by atomic mass is 10.2. The van der Waals surface area contributed by atoms with Crippen molar-refractivity contribution in [3.63, 3.8) is 0 Å². The number of hydrogen-bond donors (Lipinski definition) is 1. The molecule has 0 saturated heterocycles. The Morgan fingerprint density at radius 3 is 2.13 bits per heavy atom. The first-order valence-electron chi connectivity index (χ1n) is 6.12. The highest BCUT2D eigenvalue weighted by molar-refractivity contribution is 4.94. The van der Waals surface area contributed by atoms with Crippen molar-refractivity contribution in [2.24, 2.45) is 0 Å². The Balaban J connectivity index is 3.68. The van der Waals surface area contributed by atoms with Crippen molar-refractivity contribution in [2.75, 3.05) is 19.6 Å².